The largest absolute Gasteiger partial charge is 0.481 e. The van der Waals surface area contributed by atoms with Gasteiger partial charge in [0.05, 0.1) is 18.5 Å². The zero-order valence-electron chi connectivity index (χ0n) is 12.8. The lowest BCUT2D eigenvalue weighted by Gasteiger charge is -2.06. The Morgan fingerprint density at radius 2 is 1.91 bits per heavy atom. The summed E-state index contributed by atoms with van der Waals surface area (Å²) in [5.41, 5.74) is 3.73. The lowest BCUT2D eigenvalue weighted by atomic mass is 10.1. The maximum atomic E-state index is 12.1. The number of aryl methyl sites for hydroxylation is 3. The molecule has 5 nitrogen and oxygen atoms in total. The van der Waals surface area contributed by atoms with E-state index in [1.807, 2.05) is 32.0 Å². The van der Waals surface area contributed by atoms with E-state index in [0.717, 1.165) is 11.3 Å². The molecule has 0 saturated carbocycles. The van der Waals surface area contributed by atoms with Crippen LogP contribution in [0.4, 0.5) is 5.69 Å². The normalized spacial score (nSPS) is 10.5. The van der Waals surface area contributed by atoms with Crippen LogP contribution in [-0.2, 0) is 22.4 Å². The maximum Gasteiger partial charge on any atom is 0.308 e. The van der Waals surface area contributed by atoms with Gasteiger partial charge in [0.2, 0.25) is 5.91 Å². The van der Waals surface area contributed by atoms with Crippen LogP contribution in [0.15, 0.2) is 18.2 Å². The van der Waals surface area contributed by atoms with Gasteiger partial charge in [0.15, 0.2) is 0 Å². The van der Waals surface area contributed by atoms with Crippen molar-refractivity contribution in [1.82, 2.24) is 4.98 Å². The molecule has 0 aliphatic heterocycles. The van der Waals surface area contributed by atoms with Crippen molar-refractivity contribution in [1.29, 1.82) is 0 Å². The van der Waals surface area contributed by atoms with Crippen LogP contribution in [0.5, 0.6) is 0 Å². The van der Waals surface area contributed by atoms with Crippen molar-refractivity contribution >= 4 is 28.9 Å². The first-order valence-electron chi connectivity index (χ1n) is 6.89. The number of aliphatic carboxylic acids is 1. The van der Waals surface area contributed by atoms with Crippen LogP contribution in [0, 0.1) is 20.8 Å². The molecule has 2 N–H and O–H groups in total. The number of carbonyl (C=O) groups is 2. The van der Waals surface area contributed by atoms with E-state index < -0.39 is 5.97 Å². The number of rotatable bonds is 5. The second kappa shape index (κ2) is 6.70. The third-order valence-electron chi connectivity index (χ3n) is 3.35. The molecule has 0 fully saturated rings. The summed E-state index contributed by atoms with van der Waals surface area (Å²) in [7, 11) is 0. The summed E-state index contributed by atoms with van der Waals surface area (Å²) in [6.07, 6.45) is 0.0975. The number of benzene rings is 1. The Balaban J connectivity index is 2.02. The molecule has 0 atom stereocenters. The molecule has 6 heteroatoms. The van der Waals surface area contributed by atoms with Crippen LogP contribution in [0.3, 0.4) is 0 Å². The number of carbonyl (C=O) groups excluding carboxylic acids is 1. The van der Waals surface area contributed by atoms with Gasteiger partial charge in [0.25, 0.3) is 0 Å². The lowest BCUT2D eigenvalue weighted by Crippen LogP contribution is -2.14. The fourth-order valence-corrected chi connectivity index (χ4v) is 3.09. The highest BCUT2D eigenvalue weighted by Gasteiger charge is 2.13. The zero-order chi connectivity index (χ0) is 16.3. The Morgan fingerprint density at radius 1 is 1.18 bits per heavy atom. The zero-order valence-corrected chi connectivity index (χ0v) is 13.6. The highest BCUT2D eigenvalue weighted by molar-refractivity contribution is 7.12. The number of hydrogen-bond acceptors (Lipinski definition) is 4. The Bertz CT molecular complexity index is 722. The van der Waals surface area contributed by atoms with E-state index in [4.69, 9.17) is 5.11 Å². The Kier molecular flexibility index (Phi) is 4.92. The van der Waals surface area contributed by atoms with Gasteiger partial charge in [-0.1, -0.05) is 6.07 Å². The van der Waals surface area contributed by atoms with Crippen molar-refractivity contribution in [2.24, 2.45) is 0 Å². The summed E-state index contributed by atoms with van der Waals surface area (Å²) in [5.74, 6) is -1.04. The Hall–Kier alpha value is -2.21. The van der Waals surface area contributed by atoms with Crippen molar-refractivity contribution in [2.75, 3.05) is 5.32 Å². The molecule has 1 aromatic heterocycles. The predicted octanol–water partition coefficient (Wildman–Crippen LogP) is 2.88. The van der Waals surface area contributed by atoms with Gasteiger partial charge in [0, 0.05) is 10.6 Å². The minimum Gasteiger partial charge on any atom is -0.481 e. The topological polar surface area (TPSA) is 79.3 Å². The first-order valence-corrected chi connectivity index (χ1v) is 7.71. The summed E-state index contributed by atoms with van der Waals surface area (Å²) in [4.78, 5) is 27.8. The minimum atomic E-state index is -0.891. The number of anilines is 1. The molecule has 116 valence electrons. The van der Waals surface area contributed by atoms with Crippen LogP contribution in [0.2, 0.25) is 0 Å². The first kappa shape index (κ1) is 16.2. The number of hydrogen-bond donors (Lipinski definition) is 2. The van der Waals surface area contributed by atoms with Crippen LogP contribution in [-0.4, -0.2) is 22.0 Å². The molecular weight excluding hydrogens is 300 g/mol. The highest BCUT2D eigenvalue weighted by Crippen LogP contribution is 2.20. The number of amides is 1. The Morgan fingerprint density at radius 3 is 2.55 bits per heavy atom. The maximum absolute atomic E-state index is 12.1. The Labute approximate surface area is 133 Å². The minimum absolute atomic E-state index is 0.0533. The van der Waals surface area contributed by atoms with Crippen molar-refractivity contribution in [3.05, 3.63) is 44.9 Å². The third kappa shape index (κ3) is 4.14. The van der Waals surface area contributed by atoms with Crippen molar-refractivity contribution < 1.29 is 14.7 Å². The molecular formula is C16H18N2O3S. The quantitative estimate of drug-likeness (QED) is 0.888. The van der Waals surface area contributed by atoms with E-state index in [2.05, 4.69) is 10.3 Å². The summed E-state index contributed by atoms with van der Waals surface area (Å²) in [6.45, 7) is 5.77. The van der Waals surface area contributed by atoms with Gasteiger partial charge in [-0.05, 0) is 44.0 Å². The first-order chi connectivity index (χ1) is 10.3. The molecule has 0 saturated heterocycles. The highest BCUT2D eigenvalue weighted by atomic mass is 32.1. The average Bonchev–Trinajstić information content (AvgIpc) is 2.73. The predicted molar refractivity (Wildman–Crippen MR) is 86.4 cm³/mol. The van der Waals surface area contributed by atoms with Crippen LogP contribution < -0.4 is 5.32 Å². The summed E-state index contributed by atoms with van der Waals surface area (Å²) < 4.78 is 0. The van der Waals surface area contributed by atoms with Gasteiger partial charge >= 0.3 is 5.97 Å². The van der Waals surface area contributed by atoms with Crippen LogP contribution in [0.1, 0.15) is 26.7 Å². The van der Waals surface area contributed by atoms with Gasteiger partial charge in [-0.15, -0.1) is 11.3 Å². The van der Waals surface area contributed by atoms with Crippen molar-refractivity contribution in [3.63, 3.8) is 0 Å². The number of aromatic nitrogens is 1. The van der Waals surface area contributed by atoms with E-state index in [-0.39, 0.29) is 18.7 Å². The molecule has 0 bridgehead atoms. The molecule has 0 spiro atoms. The van der Waals surface area contributed by atoms with E-state index in [1.54, 1.807) is 6.92 Å². The molecule has 2 rings (SSSR count). The van der Waals surface area contributed by atoms with Gasteiger partial charge in [-0.25, -0.2) is 4.98 Å². The SMILES string of the molecule is Cc1ccc(NC(=O)Cc2nc(C)c(CC(=O)O)s2)cc1C. The number of carboxylic acids is 1. The molecule has 0 aliphatic carbocycles. The number of thiazole rings is 1. The average molecular weight is 318 g/mol. The van der Waals surface area contributed by atoms with Crippen LogP contribution >= 0.6 is 11.3 Å². The molecule has 0 unspecified atom stereocenters. The molecule has 1 heterocycles. The fourth-order valence-electron chi connectivity index (χ4n) is 2.03. The second-order valence-electron chi connectivity index (χ2n) is 5.21. The molecule has 22 heavy (non-hydrogen) atoms. The smallest absolute Gasteiger partial charge is 0.308 e. The number of nitrogens with one attached hydrogen (secondary N) is 1. The van der Waals surface area contributed by atoms with E-state index in [9.17, 15) is 9.59 Å². The van der Waals surface area contributed by atoms with Gasteiger partial charge < -0.3 is 10.4 Å². The van der Waals surface area contributed by atoms with E-state index in [1.165, 1.54) is 16.9 Å². The van der Waals surface area contributed by atoms with E-state index >= 15 is 0 Å². The summed E-state index contributed by atoms with van der Waals surface area (Å²) in [6, 6.07) is 5.75. The van der Waals surface area contributed by atoms with Crippen molar-refractivity contribution in [2.45, 2.75) is 33.6 Å². The van der Waals surface area contributed by atoms with E-state index in [0.29, 0.717) is 15.6 Å². The lowest BCUT2D eigenvalue weighted by molar-refractivity contribution is -0.136. The second-order valence-corrected chi connectivity index (χ2v) is 6.38. The van der Waals surface area contributed by atoms with Gasteiger partial charge in [-0.3, -0.25) is 9.59 Å². The molecule has 0 aliphatic rings. The van der Waals surface area contributed by atoms with Crippen molar-refractivity contribution in [3.8, 4) is 0 Å². The number of carboxylic acid groups (broad SMARTS) is 1. The summed E-state index contributed by atoms with van der Waals surface area (Å²) >= 11 is 1.28. The van der Waals surface area contributed by atoms with Gasteiger partial charge in [-0.2, -0.15) is 0 Å². The standard InChI is InChI=1S/C16H18N2O3S/c1-9-4-5-12(6-10(9)2)18-14(19)8-15-17-11(3)13(22-15)7-16(20)21/h4-6H,7-8H2,1-3H3,(H,18,19)(H,20,21). The molecule has 0 radical (unpaired) electrons. The third-order valence-corrected chi connectivity index (χ3v) is 4.51. The monoisotopic (exact) mass is 318 g/mol. The van der Waals surface area contributed by atoms with Crippen LogP contribution in [0.25, 0.3) is 0 Å². The summed E-state index contributed by atoms with van der Waals surface area (Å²) in [5, 5.41) is 12.3. The molecule has 2 aromatic rings. The fraction of sp³-hybridized carbons (Fsp3) is 0.312. The molecule has 1 aromatic carbocycles. The molecule has 1 amide bonds. The number of nitrogens with zero attached hydrogens (tertiary/aromatic N) is 1. The van der Waals surface area contributed by atoms with Gasteiger partial charge in [0.1, 0.15) is 5.01 Å².